The van der Waals surface area contributed by atoms with Crippen LogP contribution < -0.4 is 10.6 Å². The third-order valence-electron chi connectivity index (χ3n) is 5.11. The van der Waals surface area contributed by atoms with E-state index in [2.05, 4.69) is 10.6 Å². The summed E-state index contributed by atoms with van der Waals surface area (Å²) < 4.78 is 5.45. The minimum absolute atomic E-state index is 0.0994. The molecule has 0 radical (unpaired) electrons. The van der Waals surface area contributed by atoms with Crippen molar-refractivity contribution in [3.8, 4) is 0 Å². The fourth-order valence-electron chi connectivity index (χ4n) is 3.60. The second-order valence-corrected chi connectivity index (χ2v) is 7.35. The van der Waals surface area contributed by atoms with Gasteiger partial charge in [0.05, 0.1) is 0 Å². The van der Waals surface area contributed by atoms with E-state index in [1.807, 2.05) is 30.3 Å². The maximum absolute atomic E-state index is 12.5. The first kappa shape index (κ1) is 20.6. The third-order valence-corrected chi connectivity index (χ3v) is 5.11. The van der Waals surface area contributed by atoms with Crippen molar-refractivity contribution >= 4 is 23.5 Å². The smallest absolute Gasteiger partial charge is 0.329 e. The molecule has 0 aromatic heterocycles. The van der Waals surface area contributed by atoms with Crippen LogP contribution in [0.4, 0.5) is 5.69 Å². The van der Waals surface area contributed by atoms with Gasteiger partial charge in [-0.05, 0) is 48.6 Å². The molecule has 0 spiro atoms. The van der Waals surface area contributed by atoms with E-state index in [1.165, 1.54) is 6.92 Å². The Morgan fingerprint density at radius 1 is 1.00 bits per heavy atom. The molecule has 2 amide bonds. The number of ether oxygens (including phenoxy) is 1. The van der Waals surface area contributed by atoms with E-state index in [4.69, 9.17) is 4.74 Å². The van der Waals surface area contributed by atoms with Crippen LogP contribution in [0, 0.1) is 5.92 Å². The molecule has 2 aromatic rings. The molecule has 0 saturated heterocycles. The topological polar surface area (TPSA) is 84.5 Å². The maximum Gasteiger partial charge on any atom is 0.329 e. The van der Waals surface area contributed by atoms with Crippen molar-refractivity contribution in [2.45, 2.75) is 45.3 Å². The Morgan fingerprint density at radius 2 is 1.66 bits per heavy atom. The number of nitrogens with one attached hydrogen (secondary N) is 2. The van der Waals surface area contributed by atoms with E-state index < -0.39 is 12.0 Å². The van der Waals surface area contributed by atoms with Gasteiger partial charge in [0.25, 0.3) is 5.91 Å². The van der Waals surface area contributed by atoms with Crippen molar-refractivity contribution in [1.29, 1.82) is 0 Å². The van der Waals surface area contributed by atoms with Crippen LogP contribution in [0.5, 0.6) is 0 Å². The molecule has 3 rings (SSSR count). The molecule has 1 saturated carbocycles. The van der Waals surface area contributed by atoms with Gasteiger partial charge in [-0.1, -0.05) is 43.2 Å². The SMILES string of the molecule is CC(=O)NC(C(=O)OCc1ccc(C(=O)Nc2ccccc2)cc1)C1CCCC1. The second-order valence-electron chi connectivity index (χ2n) is 7.35. The minimum Gasteiger partial charge on any atom is -0.459 e. The van der Waals surface area contributed by atoms with Gasteiger partial charge in [-0.25, -0.2) is 4.79 Å². The largest absolute Gasteiger partial charge is 0.459 e. The Morgan fingerprint density at radius 3 is 2.28 bits per heavy atom. The lowest BCUT2D eigenvalue weighted by atomic mass is 9.98. The predicted molar refractivity (Wildman–Crippen MR) is 110 cm³/mol. The van der Waals surface area contributed by atoms with Crippen molar-refractivity contribution in [3.63, 3.8) is 0 Å². The molecule has 29 heavy (non-hydrogen) atoms. The van der Waals surface area contributed by atoms with Gasteiger partial charge in [-0.2, -0.15) is 0 Å². The van der Waals surface area contributed by atoms with Crippen LogP contribution in [0.1, 0.15) is 48.5 Å². The molecule has 1 fully saturated rings. The average molecular weight is 394 g/mol. The second kappa shape index (κ2) is 9.87. The Balaban J connectivity index is 1.55. The average Bonchev–Trinajstić information content (AvgIpc) is 3.26. The lowest BCUT2D eigenvalue weighted by Gasteiger charge is -2.22. The minimum atomic E-state index is -0.592. The zero-order chi connectivity index (χ0) is 20.6. The summed E-state index contributed by atoms with van der Waals surface area (Å²) in [5.74, 6) is -0.701. The molecule has 0 aliphatic heterocycles. The summed E-state index contributed by atoms with van der Waals surface area (Å²) in [4.78, 5) is 36.3. The number of anilines is 1. The number of hydrogen-bond donors (Lipinski definition) is 2. The van der Waals surface area contributed by atoms with Crippen LogP contribution in [-0.2, 0) is 20.9 Å². The van der Waals surface area contributed by atoms with E-state index in [9.17, 15) is 14.4 Å². The zero-order valence-electron chi connectivity index (χ0n) is 16.5. The van der Waals surface area contributed by atoms with E-state index in [-0.39, 0.29) is 24.3 Å². The van der Waals surface area contributed by atoms with Crippen molar-refractivity contribution in [3.05, 3.63) is 65.7 Å². The van der Waals surface area contributed by atoms with Crippen LogP contribution in [0.15, 0.2) is 54.6 Å². The molecule has 1 aliphatic carbocycles. The first-order valence-corrected chi connectivity index (χ1v) is 9.92. The number of esters is 1. The molecule has 1 atom stereocenters. The first-order valence-electron chi connectivity index (χ1n) is 9.92. The normalized spacial score (nSPS) is 14.8. The zero-order valence-corrected chi connectivity index (χ0v) is 16.5. The highest BCUT2D eigenvalue weighted by Crippen LogP contribution is 2.28. The van der Waals surface area contributed by atoms with Crippen molar-refractivity contribution in [2.75, 3.05) is 5.32 Å². The Labute approximate surface area is 170 Å². The molecule has 6 nitrogen and oxygen atoms in total. The molecule has 2 aromatic carbocycles. The van der Waals surface area contributed by atoms with Gasteiger partial charge < -0.3 is 15.4 Å². The third kappa shape index (κ3) is 5.91. The Hall–Kier alpha value is -3.15. The highest BCUT2D eigenvalue weighted by Gasteiger charge is 2.32. The number of carbonyl (C=O) groups excluding carboxylic acids is 3. The van der Waals surface area contributed by atoms with E-state index >= 15 is 0 Å². The molecule has 0 heterocycles. The first-order chi connectivity index (χ1) is 14.0. The lowest BCUT2D eigenvalue weighted by Crippen LogP contribution is -2.45. The number of para-hydroxylation sites is 1. The number of carbonyl (C=O) groups is 3. The van der Waals surface area contributed by atoms with Gasteiger partial charge in [0.15, 0.2) is 0 Å². The van der Waals surface area contributed by atoms with Gasteiger partial charge in [-0.15, -0.1) is 0 Å². The van der Waals surface area contributed by atoms with Crippen LogP contribution in [0.3, 0.4) is 0 Å². The molecule has 152 valence electrons. The molecule has 0 bridgehead atoms. The van der Waals surface area contributed by atoms with E-state index in [0.717, 1.165) is 36.9 Å². The summed E-state index contributed by atoms with van der Waals surface area (Å²) in [6, 6.07) is 15.6. The highest BCUT2D eigenvalue weighted by atomic mass is 16.5. The fourth-order valence-corrected chi connectivity index (χ4v) is 3.60. The van der Waals surface area contributed by atoms with E-state index in [0.29, 0.717) is 5.56 Å². The number of benzene rings is 2. The van der Waals surface area contributed by atoms with Gasteiger partial charge in [0.1, 0.15) is 12.6 Å². The van der Waals surface area contributed by atoms with Gasteiger partial charge in [-0.3, -0.25) is 9.59 Å². The number of rotatable bonds is 7. The van der Waals surface area contributed by atoms with Crippen LogP contribution >= 0.6 is 0 Å². The van der Waals surface area contributed by atoms with Crippen molar-refractivity contribution in [1.82, 2.24) is 5.32 Å². The molecular formula is C23H26N2O4. The predicted octanol–water partition coefficient (Wildman–Crippen LogP) is 3.68. The van der Waals surface area contributed by atoms with Crippen LogP contribution in [0.25, 0.3) is 0 Å². The quantitative estimate of drug-likeness (QED) is 0.702. The Kier molecular flexibility index (Phi) is 7.00. The van der Waals surface area contributed by atoms with Crippen molar-refractivity contribution < 1.29 is 19.1 Å². The highest BCUT2D eigenvalue weighted by molar-refractivity contribution is 6.04. The summed E-state index contributed by atoms with van der Waals surface area (Å²) >= 11 is 0. The number of hydrogen-bond acceptors (Lipinski definition) is 4. The van der Waals surface area contributed by atoms with Gasteiger partial charge in [0.2, 0.25) is 5.91 Å². The fraction of sp³-hybridized carbons (Fsp3) is 0.348. The monoisotopic (exact) mass is 394 g/mol. The molecular weight excluding hydrogens is 368 g/mol. The molecule has 1 aliphatic rings. The van der Waals surface area contributed by atoms with Gasteiger partial charge >= 0.3 is 5.97 Å². The summed E-state index contributed by atoms with van der Waals surface area (Å²) in [7, 11) is 0. The summed E-state index contributed by atoms with van der Waals surface area (Å²) in [6.07, 6.45) is 3.98. The van der Waals surface area contributed by atoms with Crippen molar-refractivity contribution in [2.24, 2.45) is 5.92 Å². The molecule has 2 N–H and O–H groups in total. The molecule has 6 heteroatoms. The van der Waals surface area contributed by atoms with Crippen LogP contribution in [0.2, 0.25) is 0 Å². The maximum atomic E-state index is 12.5. The lowest BCUT2D eigenvalue weighted by molar-refractivity contribution is -0.150. The summed E-state index contributed by atoms with van der Waals surface area (Å²) in [6.45, 7) is 1.51. The summed E-state index contributed by atoms with van der Waals surface area (Å²) in [5.41, 5.74) is 2.03. The summed E-state index contributed by atoms with van der Waals surface area (Å²) in [5, 5.41) is 5.57. The number of amides is 2. The standard InChI is InChI=1S/C23H26N2O4/c1-16(26)24-21(18-7-5-6-8-18)23(28)29-15-17-11-13-19(14-12-17)22(27)25-20-9-3-2-4-10-20/h2-4,9-14,18,21H,5-8,15H2,1H3,(H,24,26)(H,25,27). The van der Waals surface area contributed by atoms with Crippen LogP contribution in [-0.4, -0.2) is 23.8 Å². The Bertz CT molecular complexity index is 843. The van der Waals surface area contributed by atoms with E-state index in [1.54, 1.807) is 24.3 Å². The molecule has 1 unspecified atom stereocenters. The van der Waals surface area contributed by atoms with Gasteiger partial charge in [0, 0.05) is 18.2 Å².